The molecule has 8 heteroatoms. The monoisotopic (exact) mass is 429 g/mol. The first-order valence-electron chi connectivity index (χ1n) is 7.48. The van der Waals surface area contributed by atoms with E-state index in [1.165, 1.54) is 19.2 Å². The number of sulfonamides is 1. The van der Waals surface area contributed by atoms with E-state index in [1.54, 1.807) is 44.4 Å². The van der Waals surface area contributed by atoms with Crippen molar-refractivity contribution in [2.24, 2.45) is 0 Å². The van der Waals surface area contributed by atoms with Gasteiger partial charge >= 0.3 is 0 Å². The lowest BCUT2D eigenvalue weighted by atomic mass is 10.3. The fraction of sp³-hybridized carbons (Fsp3) is 0.294. The molecule has 0 aromatic heterocycles. The molecule has 0 spiro atoms. The zero-order valence-corrected chi connectivity index (χ0v) is 16.6. The van der Waals surface area contributed by atoms with E-state index < -0.39 is 16.1 Å². The van der Waals surface area contributed by atoms with Crippen molar-refractivity contribution < 1.29 is 22.6 Å². The van der Waals surface area contributed by atoms with E-state index in [1.807, 2.05) is 0 Å². The summed E-state index contributed by atoms with van der Waals surface area (Å²) in [6.45, 7) is 1.93. The Kier molecular flexibility index (Phi) is 6.69. The molecular weight excluding hydrogens is 410 g/mol. The van der Waals surface area contributed by atoms with Crippen LogP contribution in [0.15, 0.2) is 51.8 Å². The molecule has 0 aliphatic rings. The first-order valence-corrected chi connectivity index (χ1v) is 9.76. The molecule has 25 heavy (non-hydrogen) atoms. The van der Waals surface area contributed by atoms with Crippen molar-refractivity contribution in [2.45, 2.75) is 17.9 Å². The fourth-order valence-corrected chi connectivity index (χ4v) is 4.02. The number of halogens is 1. The molecule has 0 heterocycles. The Morgan fingerprint density at radius 3 is 2.24 bits per heavy atom. The van der Waals surface area contributed by atoms with Crippen LogP contribution in [-0.2, 0) is 10.0 Å². The highest BCUT2D eigenvalue weighted by Gasteiger charge is 2.19. The summed E-state index contributed by atoms with van der Waals surface area (Å²) in [5.41, 5.74) is 0. The Hall–Kier alpha value is -1.77. The van der Waals surface area contributed by atoms with Gasteiger partial charge in [0.1, 0.15) is 23.9 Å². The van der Waals surface area contributed by atoms with Crippen LogP contribution < -0.4 is 18.9 Å². The minimum atomic E-state index is -3.66. The number of hydrogen-bond donors (Lipinski definition) is 1. The normalized spacial score (nSPS) is 12.5. The maximum Gasteiger partial charge on any atom is 0.240 e. The molecule has 0 fully saturated rings. The summed E-state index contributed by atoms with van der Waals surface area (Å²) >= 11 is 3.29. The van der Waals surface area contributed by atoms with Gasteiger partial charge in [-0.15, -0.1) is 0 Å². The predicted molar refractivity (Wildman–Crippen MR) is 99.0 cm³/mol. The third-order valence-electron chi connectivity index (χ3n) is 3.35. The van der Waals surface area contributed by atoms with Gasteiger partial charge in [-0.05, 0) is 65.3 Å². The Bertz CT molecular complexity index is 808. The molecule has 0 aliphatic carbocycles. The van der Waals surface area contributed by atoms with E-state index in [4.69, 9.17) is 14.2 Å². The van der Waals surface area contributed by atoms with Gasteiger partial charge in [0.25, 0.3) is 0 Å². The fourth-order valence-electron chi connectivity index (χ4n) is 2.07. The van der Waals surface area contributed by atoms with E-state index in [0.717, 1.165) is 5.75 Å². The van der Waals surface area contributed by atoms with Crippen LogP contribution in [0.5, 0.6) is 17.2 Å². The van der Waals surface area contributed by atoms with Gasteiger partial charge < -0.3 is 14.2 Å². The highest BCUT2D eigenvalue weighted by atomic mass is 79.9. The summed E-state index contributed by atoms with van der Waals surface area (Å²) in [6, 6.07) is 11.3. The Labute approximate surface area is 156 Å². The summed E-state index contributed by atoms with van der Waals surface area (Å²) in [5.74, 6) is 1.93. The van der Waals surface area contributed by atoms with E-state index in [2.05, 4.69) is 20.7 Å². The van der Waals surface area contributed by atoms with Crippen molar-refractivity contribution >= 4 is 26.0 Å². The van der Waals surface area contributed by atoms with Crippen LogP contribution >= 0.6 is 15.9 Å². The summed E-state index contributed by atoms with van der Waals surface area (Å²) in [7, 11) is -0.551. The lowest BCUT2D eigenvalue weighted by molar-refractivity contribution is 0.287. The molecular formula is C17H20BrNO5S. The van der Waals surface area contributed by atoms with Crippen LogP contribution in [-0.4, -0.2) is 35.3 Å². The molecule has 0 bridgehead atoms. The highest BCUT2D eigenvalue weighted by molar-refractivity contribution is 9.10. The van der Waals surface area contributed by atoms with Gasteiger partial charge in [-0.25, -0.2) is 13.1 Å². The predicted octanol–water partition coefficient (Wildman–Crippen LogP) is 3.21. The van der Waals surface area contributed by atoms with Crippen molar-refractivity contribution in [3.8, 4) is 17.2 Å². The van der Waals surface area contributed by atoms with E-state index in [9.17, 15) is 8.42 Å². The number of hydrogen-bond acceptors (Lipinski definition) is 5. The second-order valence-electron chi connectivity index (χ2n) is 5.31. The van der Waals surface area contributed by atoms with Gasteiger partial charge in [-0.3, -0.25) is 0 Å². The maximum absolute atomic E-state index is 12.4. The summed E-state index contributed by atoms with van der Waals surface area (Å²) in [5, 5.41) is 0. The molecule has 2 aromatic rings. The lowest BCUT2D eigenvalue weighted by Gasteiger charge is -2.16. The number of methoxy groups -OCH3 is 2. The van der Waals surface area contributed by atoms with Crippen molar-refractivity contribution in [3.05, 3.63) is 46.9 Å². The number of nitrogens with one attached hydrogen (secondary N) is 1. The van der Waals surface area contributed by atoms with Gasteiger partial charge in [0.05, 0.1) is 29.6 Å². The zero-order chi connectivity index (χ0) is 18.4. The summed E-state index contributed by atoms with van der Waals surface area (Å²) in [6.07, 6.45) is 0. The molecule has 0 saturated carbocycles. The average Bonchev–Trinajstić information content (AvgIpc) is 2.60. The standard InChI is InChI=1S/C17H20BrNO5S/c1-12(11-24-14-6-4-13(22-2)5-7-14)19-25(20,21)15-8-9-17(23-3)16(18)10-15/h4-10,12,19H,11H2,1-3H3/t12-/m1/s1. The van der Waals surface area contributed by atoms with Crippen molar-refractivity contribution in [1.29, 1.82) is 0 Å². The minimum absolute atomic E-state index is 0.150. The van der Waals surface area contributed by atoms with Crippen LogP contribution in [0.3, 0.4) is 0 Å². The van der Waals surface area contributed by atoms with Crippen molar-refractivity contribution in [1.82, 2.24) is 4.72 Å². The number of rotatable bonds is 8. The summed E-state index contributed by atoms with van der Waals surface area (Å²) < 4.78 is 43.8. The van der Waals surface area contributed by atoms with Gasteiger partial charge in [-0.1, -0.05) is 0 Å². The quantitative estimate of drug-likeness (QED) is 0.697. The largest absolute Gasteiger partial charge is 0.497 e. The second kappa shape index (κ2) is 8.55. The van der Waals surface area contributed by atoms with E-state index in [0.29, 0.717) is 16.0 Å². The second-order valence-corrected chi connectivity index (χ2v) is 7.87. The van der Waals surface area contributed by atoms with E-state index >= 15 is 0 Å². The number of ether oxygens (including phenoxy) is 3. The van der Waals surface area contributed by atoms with Gasteiger partial charge in [0.2, 0.25) is 10.0 Å². The third-order valence-corrected chi connectivity index (χ3v) is 5.56. The molecule has 0 saturated heterocycles. The van der Waals surface area contributed by atoms with Gasteiger partial charge in [0, 0.05) is 0 Å². The molecule has 2 rings (SSSR count). The maximum atomic E-state index is 12.4. The highest BCUT2D eigenvalue weighted by Crippen LogP contribution is 2.27. The Morgan fingerprint density at radius 2 is 1.68 bits per heavy atom. The molecule has 136 valence electrons. The van der Waals surface area contributed by atoms with Crippen LogP contribution in [0.1, 0.15) is 6.92 Å². The molecule has 0 unspecified atom stereocenters. The van der Waals surface area contributed by atoms with Crippen LogP contribution in [0.2, 0.25) is 0 Å². The Morgan fingerprint density at radius 1 is 1.04 bits per heavy atom. The van der Waals surface area contributed by atoms with Crippen LogP contribution in [0, 0.1) is 0 Å². The van der Waals surface area contributed by atoms with Gasteiger partial charge in [-0.2, -0.15) is 0 Å². The third kappa shape index (κ3) is 5.35. The van der Waals surface area contributed by atoms with Crippen molar-refractivity contribution in [2.75, 3.05) is 20.8 Å². The minimum Gasteiger partial charge on any atom is -0.497 e. The van der Waals surface area contributed by atoms with Crippen LogP contribution in [0.25, 0.3) is 0 Å². The SMILES string of the molecule is COc1ccc(OC[C@@H](C)NS(=O)(=O)c2ccc(OC)c(Br)c2)cc1. The van der Waals surface area contributed by atoms with E-state index in [-0.39, 0.29) is 11.5 Å². The molecule has 0 amide bonds. The molecule has 1 N–H and O–H groups in total. The topological polar surface area (TPSA) is 73.9 Å². The first kappa shape index (κ1) is 19.6. The van der Waals surface area contributed by atoms with Gasteiger partial charge in [0.15, 0.2) is 0 Å². The van der Waals surface area contributed by atoms with Crippen LogP contribution in [0.4, 0.5) is 0 Å². The molecule has 0 aliphatic heterocycles. The van der Waals surface area contributed by atoms with Crippen molar-refractivity contribution in [3.63, 3.8) is 0 Å². The zero-order valence-electron chi connectivity index (χ0n) is 14.2. The smallest absolute Gasteiger partial charge is 0.240 e. The first-order chi connectivity index (χ1) is 11.9. The molecule has 2 aromatic carbocycles. The average molecular weight is 430 g/mol. The number of benzene rings is 2. The summed E-state index contributed by atoms with van der Waals surface area (Å²) in [4.78, 5) is 0.150. The Balaban J connectivity index is 1.98. The lowest BCUT2D eigenvalue weighted by Crippen LogP contribution is -2.36. The molecule has 1 atom stereocenters. The molecule has 0 radical (unpaired) electrons. The molecule has 6 nitrogen and oxygen atoms in total.